The monoisotopic (exact) mass is 544 g/mol. The molecule has 2 aromatic rings. The first kappa shape index (κ1) is 24.8. The van der Waals surface area contributed by atoms with Crippen molar-refractivity contribution in [3.05, 3.63) is 45.8 Å². The second-order valence-electron chi connectivity index (χ2n) is 7.30. The van der Waals surface area contributed by atoms with Gasteiger partial charge in [-0.3, -0.25) is 9.89 Å². The molecule has 1 fully saturated rings. The summed E-state index contributed by atoms with van der Waals surface area (Å²) in [4.78, 5) is 16.3. The van der Waals surface area contributed by atoms with Crippen LogP contribution in [-0.4, -0.2) is 69.8 Å². The number of rotatable bonds is 7. The van der Waals surface area contributed by atoms with E-state index in [1.165, 1.54) is 9.75 Å². The van der Waals surface area contributed by atoms with E-state index in [1.807, 2.05) is 48.5 Å². The molecule has 30 heavy (non-hydrogen) atoms. The Morgan fingerprint density at radius 3 is 2.63 bits per heavy atom. The van der Waals surface area contributed by atoms with Gasteiger partial charge in [0.15, 0.2) is 5.96 Å². The fourth-order valence-corrected chi connectivity index (χ4v) is 4.35. The van der Waals surface area contributed by atoms with Crippen LogP contribution in [0.1, 0.15) is 21.5 Å². The summed E-state index contributed by atoms with van der Waals surface area (Å²) < 4.78 is 5.55. The van der Waals surface area contributed by atoms with Gasteiger partial charge in [0.2, 0.25) is 0 Å². The van der Waals surface area contributed by atoms with Crippen LogP contribution in [0.15, 0.2) is 35.3 Å². The number of ether oxygens (including phenoxy) is 1. The van der Waals surface area contributed by atoms with Gasteiger partial charge in [-0.05, 0) is 31.2 Å². The molecule has 0 radical (unpaired) electrons. The van der Waals surface area contributed by atoms with Crippen molar-refractivity contribution in [1.82, 2.24) is 20.5 Å². The summed E-state index contributed by atoms with van der Waals surface area (Å²) in [6.45, 7) is 7.08. The number of guanidine groups is 1. The van der Waals surface area contributed by atoms with Crippen molar-refractivity contribution in [3.63, 3.8) is 0 Å². The van der Waals surface area contributed by atoms with Gasteiger partial charge in [-0.1, -0.05) is 6.07 Å². The molecule has 7 nitrogen and oxygen atoms in total. The first-order valence-electron chi connectivity index (χ1n) is 10.0. The first-order chi connectivity index (χ1) is 14.1. The minimum atomic E-state index is 0. The van der Waals surface area contributed by atoms with Crippen molar-refractivity contribution in [2.45, 2.75) is 19.5 Å². The molecule has 2 N–H and O–H groups in total. The third-order valence-corrected chi connectivity index (χ3v) is 6.05. The molecule has 1 aliphatic heterocycles. The number of aromatic nitrogens is 1. The van der Waals surface area contributed by atoms with Gasteiger partial charge < -0.3 is 20.3 Å². The van der Waals surface area contributed by atoms with Crippen LogP contribution < -0.4 is 15.5 Å². The lowest BCUT2D eigenvalue weighted by atomic mass is 10.2. The summed E-state index contributed by atoms with van der Waals surface area (Å²) in [7, 11) is 5.80. The van der Waals surface area contributed by atoms with Gasteiger partial charge >= 0.3 is 0 Å². The lowest BCUT2D eigenvalue weighted by Gasteiger charge is -2.34. The Kier molecular flexibility index (Phi) is 10.3. The fourth-order valence-electron chi connectivity index (χ4n) is 3.33. The van der Waals surface area contributed by atoms with Gasteiger partial charge in [-0.25, -0.2) is 4.98 Å². The highest BCUT2D eigenvalue weighted by atomic mass is 127. The maximum Gasteiger partial charge on any atom is 0.191 e. The summed E-state index contributed by atoms with van der Waals surface area (Å²) >= 11 is 1.87. The van der Waals surface area contributed by atoms with Gasteiger partial charge in [-0.15, -0.1) is 35.3 Å². The van der Waals surface area contributed by atoms with E-state index in [9.17, 15) is 0 Å². The van der Waals surface area contributed by atoms with Gasteiger partial charge in [0.05, 0.1) is 31.5 Å². The standard InChI is InChI=1S/C21H32N6OS.HI/c1-16-8-9-19(29-16)18(27-10-12-28-13-11-27)15-24-21(22-2)23-14-17-6-5-7-20(25-17)26(3)4;/h5-9,18H,10-15H2,1-4H3,(H2,22,23,24);1H. The normalized spacial score (nSPS) is 15.9. The van der Waals surface area contributed by atoms with E-state index in [1.54, 1.807) is 7.05 Å². The molecule has 0 spiro atoms. The molecule has 1 atom stereocenters. The number of aliphatic imine (C=N–C) groups is 1. The molecule has 0 aliphatic carbocycles. The van der Waals surface area contributed by atoms with Crippen LogP contribution in [0.4, 0.5) is 5.82 Å². The highest BCUT2D eigenvalue weighted by Gasteiger charge is 2.24. The number of pyridine rings is 1. The Bertz CT molecular complexity index is 806. The van der Waals surface area contributed by atoms with Crippen LogP contribution in [-0.2, 0) is 11.3 Å². The predicted molar refractivity (Wildman–Crippen MR) is 136 cm³/mol. The number of hydrogen-bond donors (Lipinski definition) is 2. The van der Waals surface area contributed by atoms with Crippen molar-refractivity contribution in [1.29, 1.82) is 0 Å². The SMILES string of the molecule is CN=C(NCc1cccc(N(C)C)n1)NCC(c1ccc(C)s1)N1CCOCC1.I. The van der Waals surface area contributed by atoms with E-state index >= 15 is 0 Å². The number of halogens is 1. The van der Waals surface area contributed by atoms with Crippen molar-refractivity contribution in [2.75, 3.05) is 58.9 Å². The topological polar surface area (TPSA) is 65.0 Å². The molecule has 9 heteroatoms. The van der Waals surface area contributed by atoms with Gasteiger partial charge in [0.25, 0.3) is 0 Å². The molecular weight excluding hydrogens is 511 g/mol. The predicted octanol–water partition coefficient (Wildman–Crippen LogP) is 2.87. The van der Waals surface area contributed by atoms with Gasteiger partial charge in [0, 0.05) is 50.5 Å². The fraction of sp³-hybridized carbons (Fsp3) is 0.524. The maximum atomic E-state index is 5.55. The zero-order chi connectivity index (χ0) is 20.6. The number of aryl methyl sites for hydroxylation is 1. The third-order valence-electron chi connectivity index (χ3n) is 4.95. The van der Waals surface area contributed by atoms with Crippen molar-refractivity contribution in [3.8, 4) is 0 Å². The smallest absolute Gasteiger partial charge is 0.191 e. The van der Waals surface area contributed by atoms with E-state index in [4.69, 9.17) is 4.74 Å². The molecule has 0 aromatic carbocycles. The Morgan fingerprint density at radius 1 is 1.23 bits per heavy atom. The summed E-state index contributed by atoms with van der Waals surface area (Å²) in [5.74, 6) is 1.74. The van der Waals surface area contributed by atoms with Crippen LogP contribution in [0.3, 0.4) is 0 Å². The maximum absolute atomic E-state index is 5.55. The van der Waals surface area contributed by atoms with Crippen LogP contribution in [0, 0.1) is 6.92 Å². The molecule has 1 aliphatic rings. The van der Waals surface area contributed by atoms with Gasteiger partial charge in [-0.2, -0.15) is 0 Å². The molecule has 3 rings (SSSR count). The summed E-state index contributed by atoms with van der Waals surface area (Å²) in [6, 6.07) is 10.8. The van der Waals surface area contributed by atoms with Gasteiger partial charge in [0.1, 0.15) is 5.82 Å². The minimum absolute atomic E-state index is 0. The Balaban J connectivity index is 0.00000320. The molecule has 166 valence electrons. The number of thiophene rings is 1. The largest absolute Gasteiger partial charge is 0.379 e. The van der Waals surface area contributed by atoms with E-state index in [0.29, 0.717) is 12.6 Å². The summed E-state index contributed by atoms with van der Waals surface area (Å²) in [5, 5.41) is 6.89. The second-order valence-corrected chi connectivity index (χ2v) is 8.62. The number of nitrogens with one attached hydrogen (secondary N) is 2. The lowest BCUT2D eigenvalue weighted by Crippen LogP contribution is -2.46. The van der Waals surface area contributed by atoms with Crippen molar-refractivity contribution < 1.29 is 4.74 Å². The van der Waals surface area contributed by atoms with Crippen LogP contribution in [0.2, 0.25) is 0 Å². The molecule has 0 bridgehead atoms. The average Bonchev–Trinajstić information content (AvgIpc) is 3.17. The third kappa shape index (κ3) is 7.07. The lowest BCUT2D eigenvalue weighted by molar-refractivity contribution is 0.0177. The van der Waals surface area contributed by atoms with Crippen LogP contribution in [0.5, 0.6) is 0 Å². The minimum Gasteiger partial charge on any atom is -0.379 e. The Morgan fingerprint density at radius 2 is 2.00 bits per heavy atom. The molecule has 1 unspecified atom stereocenters. The average molecular weight is 545 g/mol. The highest BCUT2D eigenvalue weighted by molar-refractivity contribution is 14.0. The van der Waals surface area contributed by atoms with Crippen molar-refractivity contribution >= 4 is 47.1 Å². The molecule has 0 saturated carbocycles. The molecule has 2 aromatic heterocycles. The highest BCUT2D eigenvalue weighted by Crippen LogP contribution is 2.27. The summed E-state index contributed by atoms with van der Waals surface area (Å²) in [5.41, 5.74) is 0.984. The zero-order valence-corrected chi connectivity index (χ0v) is 21.4. The number of anilines is 1. The first-order valence-corrected chi connectivity index (χ1v) is 10.8. The number of nitrogens with zero attached hydrogens (tertiary/aromatic N) is 4. The van der Waals surface area contributed by atoms with E-state index < -0.39 is 0 Å². The van der Waals surface area contributed by atoms with E-state index in [2.05, 4.69) is 44.6 Å². The number of hydrogen-bond acceptors (Lipinski definition) is 6. The second kappa shape index (κ2) is 12.4. The number of morpholine rings is 1. The van der Waals surface area contributed by atoms with Crippen LogP contribution >= 0.6 is 35.3 Å². The summed E-state index contributed by atoms with van der Waals surface area (Å²) in [6.07, 6.45) is 0. The molecular formula is C21H33IN6OS. The Labute approximate surface area is 200 Å². The molecule has 3 heterocycles. The van der Waals surface area contributed by atoms with Crippen LogP contribution in [0.25, 0.3) is 0 Å². The quantitative estimate of drug-likeness (QED) is 0.318. The molecule has 1 saturated heterocycles. The zero-order valence-electron chi connectivity index (χ0n) is 18.2. The Hall–Kier alpha value is -1.43. The van der Waals surface area contributed by atoms with E-state index in [0.717, 1.165) is 50.3 Å². The van der Waals surface area contributed by atoms with E-state index in [-0.39, 0.29) is 24.0 Å². The molecule has 0 amide bonds. The van der Waals surface area contributed by atoms with Crippen molar-refractivity contribution in [2.24, 2.45) is 4.99 Å².